The number of pyridine rings is 1. The first-order valence-electron chi connectivity index (χ1n) is 5.56. The zero-order chi connectivity index (χ0) is 11.8. The number of aromatic nitrogens is 1. The van der Waals surface area contributed by atoms with Gasteiger partial charge in [0.05, 0.1) is 10.7 Å². The summed E-state index contributed by atoms with van der Waals surface area (Å²) in [5, 5.41) is 4.07. The van der Waals surface area contributed by atoms with Gasteiger partial charge >= 0.3 is 0 Å². The largest absolute Gasteiger partial charge is 0.309 e. The van der Waals surface area contributed by atoms with Crippen molar-refractivity contribution in [2.24, 2.45) is 0 Å². The second-order valence-corrected chi connectivity index (χ2v) is 4.04. The lowest BCUT2D eigenvalue weighted by molar-refractivity contribution is 0.491. The number of hydrogen-bond acceptors (Lipinski definition) is 2. The van der Waals surface area contributed by atoms with Crippen molar-refractivity contribution in [3.05, 3.63) is 29.0 Å². The van der Waals surface area contributed by atoms with Crippen LogP contribution in [0.4, 0.5) is 0 Å². The molecule has 3 heteroatoms. The number of rotatable bonds is 6. The molecule has 1 unspecified atom stereocenters. The van der Waals surface area contributed by atoms with Crippen LogP contribution in [-0.2, 0) is 0 Å². The van der Waals surface area contributed by atoms with Gasteiger partial charge in [0, 0.05) is 18.7 Å². The van der Waals surface area contributed by atoms with Crippen LogP contribution in [-0.4, -0.2) is 11.5 Å². The summed E-state index contributed by atoms with van der Waals surface area (Å²) in [6.07, 6.45) is 9.76. The van der Waals surface area contributed by atoms with Gasteiger partial charge in [0.1, 0.15) is 0 Å². The van der Waals surface area contributed by atoms with Gasteiger partial charge < -0.3 is 5.32 Å². The number of halogens is 1. The molecule has 16 heavy (non-hydrogen) atoms. The Morgan fingerprint density at radius 2 is 2.38 bits per heavy atom. The first kappa shape index (κ1) is 13.0. The van der Waals surface area contributed by atoms with Gasteiger partial charge in [0.15, 0.2) is 0 Å². The summed E-state index contributed by atoms with van der Waals surface area (Å²) in [6.45, 7) is 3.01. The summed E-state index contributed by atoms with van der Waals surface area (Å²) >= 11 is 5.81. The minimum atomic E-state index is 0.274. The van der Waals surface area contributed by atoms with Crippen LogP contribution in [0.3, 0.4) is 0 Å². The van der Waals surface area contributed by atoms with Crippen molar-refractivity contribution in [2.75, 3.05) is 6.54 Å². The lowest BCUT2D eigenvalue weighted by Gasteiger charge is -2.16. The van der Waals surface area contributed by atoms with E-state index in [4.69, 9.17) is 18.0 Å². The van der Waals surface area contributed by atoms with Gasteiger partial charge in [-0.1, -0.05) is 18.5 Å². The molecule has 0 fully saturated rings. The third-order valence-corrected chi connectivity index (χ3v) is 2.60. The Bertz CT molecular complexity index is 340. The quantitative estimate of drug-likeness (QED) is 0.606. The molecule has 0 aliphatic heterocycles. The van der Waals surface area contributed by atoms with Crippen LogP contribution >= 0.6 is 11.6 Å². The lowest BCUT2D eigenvalue weighted by atomic mass is 10.1. The monoisotopic (exact) mass is 236 g/mol. The minimum Gasteiger partial charge on any atom is -0.309 e. The third kappa shape index (κ3) is 4.22. The van der Waals surface area contributed by atoms with Gasteiger partial charge in [-0.15, -0.1) is 12.3 Å². The highest BCUT2D eigenvalue weighted by Crippen LogP contribution is 2.18. The van der Waals surface area contributed by atoms with Gasteiger partial charge in [-0.25, -0.2) is 0 Å². The molecule has 0 aromatic carbocycles. The van der Waals surface area contributed by atoms with E-state index in [1.54, 1.807) is 6.20 Å². The Hall–Kier alpha value is -1.04. The molecule has 0 spiro atoms. The maximum absolute atomic E-state index is 5.81. The maximum atomic E-state index is 5.81. The molecule has 0 aliphatic carbocycles. The molecule has 0 radical (unpaired) electrons. The molecule has 1 atom stereocenters. The van der Waals surface area contributed by atoms with Crippen molar-refractivity contribution >= 4 is 11.6 Å². The van der Waals surface area contributed by atoms with Crippen molar-refractivity contribution in [2.45, 2.75) is 32.2 Å². The summed E-state index contributed by atoms with van der Waals surface area (Å²) < 4.78 is 0. The van der Waals surface area contributed by atoms with E-state index in [9.17, 15) is 0 Å². The molecule has 2 nitrogen and oxygen atoms in total. The predicted octanol–water partition coefficient (Wildman–Crippen LogP) is 3.19. The highest BCUT2D eigenvalue weighted by atomic mass is 35.5. The standard InChI is InChI=1S/C13H17ClN2/c1-3-5-6-7-12(15-4-2)13-9-8-11(14)10-16-13/h1,8-10,12,15H,4-7H2,2H3. The number of unbranched alkanes of at least 4 members (excludes halogenated alkanes) is 1. The molecule has 0 amide bonds. The predicted molar refractivity (Wildman–Crippen MR) is 68.3 cm³/mol. The molecule has 1 aromatic rings. The van der Waals surface area contributed by atoms with Gasteiger partial charge in [-0.05, 0) is 31.5 Å². The summed E-state index contributed by atoms with van der Waals surface area (Å²) in [7, 11) is 0. The average molecular weight is 237 g/mol. The molecule has 1 aromatic heterocycles. The van der Waals surface area contributed by atoms with Crippen LogP contribution in [0.25, 0.3) is 0 Å². The SMILES string of the molecule is C#CCCCC(NCC)c1ccc(Cl)cn1. The van der Waals surface area contributed by atoms with E-state index >= 15 is 0 Å². The van der Waals surface area contributed by atoms with E-state index in [-0.39, 0.29) is 6.04 Å². The van der Waals surface area contributed by atoms with Crippen LogP contribution in [0.1, 0.15) is 37.9 Å². The van der Waals surface area contributed by atoms with Crippen molar-refractivity contribution in [1.29, 1.82) is 0 Å². The fourth-order valence-electron chi connectivity index (χ4n) is 1.60. The number of nitrogens with zero attached hydrogens (tertiary/aromatic N) is 1. The maximum Gasteiger partial charge on any atom is 0.0589 e. The van der Waals surface area contributed by atoms with Crippen LogP contribution < -0.4 is 5.32 Å². The van der Waals surface area contributed by atoms with Crippen LogP contribution in [0.5, 0.6) is 0 Å². The fraction of sp³-hybridized carbons (Fsp3) is 0.462. The smallest absolute Gasteiger partial charge is 0.0589 e. The zero-order valence-corrected chi connectivity index (χ0v) is 10.3. The molecular weight excluding hydrogens is 220 g/mol. The zero-order valence-electron chi connectivity index (χ0n) is 9.54. The van der Waals surface area contributed by atoms with Crippen molar-refractivity contribution < 1.29 is 0 Å². The Morgan fingerprint density at radius 1 is 1.56 bits per heavy atom. The number of terminal acetylenes is 1. The van der Waals surface area contributed by atoms with Gasteiger partial charge in [0.25, 0.3) is 0 Å². The summed E-state index contributed by atoms with van der Waals surface area (Å²) in [5.74, 6) is 2.66. The molecular formula is C13H17ClN2. The van der Waals surface area contributed by atoms with Crippen LogP contribution in [0, 0.1) is 12.3 Å². The summed E-state index contributed by atoms with van der Waals surface area (Å²) in [5.41, 5.74) is 1.03. The molecule has 0 saturated carbocycles. The highest BCUT2D eigenvalue weighted by Gasteiger charge is 2.10. The summed E-state index contributed by atoms with van der Waals surface area (Å²) in [4.78, 5) is 4.33. The van der Waals surface area contributed by atoms with Crippen molar-refractivity contribution in [3.8, 4) is 12.3 Å². The Balaban J connectivity index is 2.62. The Morgan fingerprint density at radius 3 is 2.94 bits per heavy atom. The Labute approximate surface area is 102 Å². The molecule has 1 heterocycles. The number of nitrogens with one attached hydrogen (secondary N) is 1. The molecule has 0 aliphatic rings. The molecule has 0 bridgehead atoms. The second kappa shape index (κ2) is 7.27. The van der Waals surface area contributed by atoms with Gasteiger partial charge in [-0.3, -0.25) is 4.98 Å². The third-order valence-electron chi connectivity index (χ3n) is 2.37. The number of hydrogen-bond donors (Lipinski definition) is 1. The van der Waals surface area contributed by atoms with Crippen molar-refractivity contribution in [1.82, 2.24) is 10.3 Å². The van der Waals surface area contributed by atoms with E-state index in [0.717, 1.165) is 31.5 Å². The van der Waals surface area contributed by atoms with Gasteiger partial charge in [0.2, 0.25) is 0 Å². The first-order chi connectivity index (χ1) is 7.77. The molecule has 86 valence electrons. The highest BCUT2D eigenvalue weighted by molar-refractivity contribution is 6.30. The van der Waals surface area contributed by atoms with Crippen LogP contribution in [0.15, 0.2) is 18.3 Å². The lowest BCUT2D eigenvalue weighted by Crippen LogP contribution is -2.21. The first-order valence-corrected chi connectivity index (χ1v) is 5.94. The van der Waals surface area contributed by atoms with E-state index in [0.29, 0.717) is 5.02 Å². The topological polar surface area (TPSA) is 24.9 Å². The molecule has 0 saturated heterocycles. The van der Waals surface area contributed by atoms with E-state index in [1.165, 1.54) is 0 Å². The van der Waals surface area contributed by atoms with Crippen LogP contribution in [0.2, 0.25) is 5.02 Å². The van der Waals surface area contributed by atoms with E-state index in [1.807, 2.05) is 12.1 Å². The molecule has 1 N–H and O–H groups in total. The van der Waals surface area contributed by atoms with E-state index in [2.05, 4.69) is 23.1 Å². The molecule has 1 rings (SSSR count). The fourth-order valence-corrected chi connectivity index (χ4v) is 1.71. The summed E-state index contributed by atoms with van der Waals surface area (Å²) in [6, 6.07) is 4.11. The van der Waals surface area contributed by atoms with Gasteiger partial charge in [-0.2, -0.15) is 0 Å². The Kier molecular flexibility index (Phi) is 5.92. The van der Waals surface area contributed by atoms with Crippen molar-refractivity contribution in [3.63, 3.8) is 0 Å². The minimum absolute atomic E-state index is 0.274. The van der Waals surface area contributed by atoms with E-state index < -0.39 is 0 Å². The average Bonchev–Trinajstić information content (AvgIpc) is 2.29. The normalized spacial score (nSPS) is 12.1. The second-order valence-electron chi connectivity index (χ2n) is 3.61.